The van der Waals surface area contributed by atoms with Crippen LogP contribution in [0.2, 0.25) is 5.02 Å². The smallest absolute Gasteiger partial charge is 0.321 e. The van der Waals surface area contributed by atoms with Gasteiger partial charge in [-0.05, 0) is 43.2 Å². The van der Waals surface area contributed by atoms with E-state index in [0.717, 1.165) is 17.7 Å². The summed E-state index contributed by atoms with van der Waals surface area (Å²) >= 11 is 5.88. The zero-order chi connectivity index (χ0) is 17.1. The molecule has 0 atom stereocenters. The Balaban J connectivity index is 1.80. The number of halogens is 1. The fraction of sp³-hybridized carbons (Fsp3) is 0.235. The van der Waals surface area contributed by atoms with E-state index in [9.17, 15) is 9.59 Å². The van der Waals surface area contributed by atoms with E-state index in [1.54, 1.807) is 17.0 Å². The van der Waals surface area contributed by atoms with Crippen molar-refractivity contribution in [2.45, 2.75) is 13.3 Å². The fourth-order valence-electron chi connectivity index (χ4n) is 2.64. The van der Waals surface area contributed by atoms with Crippen molar-refractivity contribution in [1.82, 2.24) is 10.3 Å². The van der Waals surface area contributed by atoms with Crippen molar-refractivity contribution >= 4 is 34.9 Å². The summed E-state index contributed by atoms with van der Waals surface area (Å²) in [7, 11) is 0. The monoisotopic (exact) mass is 344 g/mol. The van der Waals surface area contributed by atoms with Gasteiger partial charge in [-0.2, -0.15) is 0 Å². The number of amides is 3. The normalized spacial score (nSPS) is 12.7. The van der Waals surface area contributed by atoms with Crippen LogP contribution in [0.25, 0.3) is 0 Å². The van der Waals surface area contributed by atoms with Gasteiger partial charge in [0.15, 0.2) is 0 Å². The molecule has 124 valence electrons. The van der Waals surface area contributed by atoms with Crippen molar-refractivity contribution < 1.29 is 9.59 Å². The molecule has 0 spiro atoms. The van der Waals surface area contributed by atoms with Crippen molar-refractivity contribution in [3.05, 3.63) is 52.8 Å². The third-order valence-corrected chi connectivity index (χ3v) is 4.00. The van der Waals surface area contributed by atoms with E-state index in [0.29, 0.717) is 23.8 Å². The summed E-state index contributed by atoms with van der Waals surface area (Å²) in [5.74, 6) is -0.347. The number of rotatable bonds is 3. The maximum absolute atomic E-state index is 12.3. The van der Waals surface area contributed by atoms with Crippen LogP contribution in [0, 0.1) is 0 Å². The number of fused-ring (bicyclic) bond motifs is 1. The van der Waals surface area contributed by atoms with Crippen molar-refractivity contribution in [3.8, 4) is 0 Å². The molecule has 6 nitrogen and oxygen atoms in total. The molecule has 0 unspecified atom stereocenters. The van der Waals surface area contributed by atoms with E-state index in [-0.39, 0.29) is 17.6 Å². The topological polar surface area (TPSA) is 74.3 Å². The van der Waals surface area contributed by atoms with Gasteiger partial charge in [0.05, 0.1) is 5.69 Å². The van der Waals surface area contributed by atoms with Crippen LogP contribution in [0.5, 0.6) is 0 Å². The number of anilines is 2. The Morgan fingerprint density at radius 3 is 2.88 bits per heavy atom. The average molecular weight is 345 g/mol. The minimum atomic E-state index is -0.347. The quantitative estimate of drug-likeness (QED) is 0.898. The first kappa shape index (κ1) is 16.3. The molecule has 1 aromatic heterocycles. The highest BCUT2D eigenvalue weighted by Crippen LogP contribution is 2.31. The average Bonchev–Trinajstić information content (AvgIpc) is 2.98. The number of hydrogen-bond donors (Lipinski definition) is 2. The molecule has 3 amide bonds. The second-order valence-corrected chi connectivity index (χ2v) is 5.83. The molecule has 3 rings (SSSR count). The lowest BCUT2D eigenvalue weighted by Crippen LogP contribution is -2.38. The third-order valence-electron chi connectivity index (χ3n) is 3.77. The first-order chi connectivity index (χ1) is 11.6. The Morgan fingerprint density at radius 2 is 2.12 bits per heavy atom. The third kappa shape index (κ3) is 3.33. The lowest BCUT2D eigenvalue weighted by molar-refractivity contribution is 0.102. The molecule has 0 aliphatic carbocycles. The Bertz CT molecular complexity index is 794. The Hall–Kier alpha value is -2.60. The van der Waals surface area contributed by atoms with Crippen LogP contribution in [0.4, 0.5) is 16.2 Å². The molecule has 7 heteroatoms. The van der Waals surface area contributed by atoms with E-state index in [4.69, 9.17) is 11.6 Å². The minimum Gasteiger partial charge on any atom is -0.338 e. The van der Waals surface area contributed by atoms with Crippen molar-refractivity contribution in [2.24, 2.45) is 0 Å². The van der Waals surface area contributed by atoms with E-state index < -0.39 is 0 Å². The molecule has 0 fully saturated rings. The summed E-state index contributed by atoms with van der Waals surface area (Å²) in [5, 5.41) is 6.03. The molecule has 0 bridgehead atoms. The van der Waals surface area contributed by atoms with Gasteiger partial charge in [0.25, 0.3) is 5.91 Å². The number of nitrogens with one attached hydrogen (secondary N) is 2. The summed E-state index contributed by atoms with van der Waals surface area (Å²) < 4.78 is 0. The summed E-state index contributed by atoms with van der Waals surface area (Å²) in [6.07, 6.45) is 2.29. The second kappa shape index (κ2) is 6.88. The summed E-state index contributed by atoms with van der Waals surface area (Å²) in [5.41, 5.74) is 2.75. The first-order valence-electron chi connectivity index (χ1n) is 7.69. The molecule has 0 saturated carbocycles. The summed E-state index contributed by atoms with van der Waals surface area (Å²) in [4.78, 5) is 30.1. The van der Waals surface area contributed by atoms with Gasteiger partial charge in [0.2, 0.25) is 0 Å². The number of benzene rings is 1. The molecule has 2 heterocycles. The lowest BCUT2D eigenvalue weighted by Gasteiger charge is -2.18. The SMILES string of the molecule is CCNC(=O)N1CCc2ccc(NC(=O)c3cc(Cl)ccn3)cc21. The number of urea groups is 1. The largest absolute Gasteiger partial charge is 0.338 e. The molecule has 2 N–H and O–H groups in total. The van der Waals surface area contributed by atoms with Gasteiger partial charge in [-0.25, -0.2) is 4.79 Å². The van der Waals surface area contributed by atoms with E-state index in [1.807, 2.05) is 19.1 Å². The number of hydrogen-bond acceptors (Lipinski definition) is 3. The van der Waals surface area contributed by atoms with Crippen LogP contribution < -0.4 is 15.5 Å². The maximum atomic E-state index is 12.3. The van der Waals surface area contributed by atoms with Crippen molar-refractivity contribution in [1.29, 1.82) is 0 Å². The van der Waals surface area contributed by atoms with Crippen molar-refractivity contribution in [3.63, 3.8) is 0 Å². The lowest BCUT2D eigenvalue weighted by atomic mass is 10.1. The first-order valence-corrected chi connectivity index (χ1v) is 8.07. The summed E-state index contributed by atoms with van der Waals surface area (Å²) in [6.45, 7) is 3.08. The van der Waals surface area contributed by atoms with Crippen LogP contribution in [0.3, 0.4) is 0 Å². The van der Waals surface area contributed by atoms with Crippen LogP contribution in [0.1, 0.15) is 23.0 Å². The van der Waals surface area contributed by atoms with E-state index in [2.05, 4.69) is 15.6 Å². The molecular weight excluding hydrogens is 328 g/mol. The van der Waals surface area contributed by atoms with Gasteiger partial charge in [0.1, 0.15) is 5.69 Å². The highest BCUT2D eigenvalue weighted by atomic mass is 35.5. The number of carbonyl (C=O) groups excluding carboxylic acids is 2. The van der Waals surface area contributed by atoms with E-state index >= 15 is 0 Å². The molecule has 0 radical (unpaired) electrons. The molecule has 1 aromatic carbocycles. The van der Waals surface area contributed by atoms with Gasteiger partial charge in [-0.15, -0.1) is 0 Å². The Kier molecular flexibility index (Phi) is 4.66. The highest BCUT2D eigenvalue weighted by Gasteiger charge is 2.24. The predicted molar refractivity (Wildman–Crippen MR) is 93.8 cm³/mol. The zero-order valence-electron chi connectivity index (χ0n) is 13.2. The minimum absolute atomic E-state index is 0.128. The summed E-state index contributed by atoms with van der Waals surface area (Å²) in [6, 6.07) is 8.54. The standard InChI is InChI=1S/C17H17ClN4O2/c1-2-19-17(24)22-8-6-11-3-4-13(10-15(11)22)21-16(23)14-9-12(18)5-7-20-14/h3-5,7,9-10H,2,6,8H2,1H3,(H,19,24)(H,21,23). The number of pyridine rings is 1. The molecule has 2 aromatic rings. The van der Waals surface area contributed by atoms with Gasteiger partial charge < -0.3 is 10.6 Å². The van der Waals surface area contributed by atoms with Gasteiger partial charge in [0, 0.05) is 30.0 Å². The number of aromatic nitrogens is 1. The number of nitrogens with zero attached hydrogens (tertiary/aromatic N) is 2. The van der Waals surface area contributed by atoms with Crippen LogP contribution in [0.15, 0.2) is 36.5 Å². The molecular formula is C17H17ClN4O2. The van der Waals surface area contributed by atoms with Crippen LogP contribution in [-0.4, -0.2) is 30.0 Å². The molecule has 1 aliphatic rings. The molecule has 1 aliphatic heterocycles. The Morgan fingerprint density at radius 1 is 1.29 bits per heavy atom. The van der Waals surface area contributed by atoms with Gasteiger partial charge in [-0.3, -0.25) is 14.7 Å². The highest BCUT2D eigenvalue weighted by molar-refractivity contribution is 6.31. The van der Waals surface area contributed by atoms with Crippen molar-refractivity contribution in [2.75, 3.05) is 23.3 Å². The maximum Gasteiger partial charge on any atom is 0.321 e. The van der Waals surface area contributed by atoms with Gasteiger partial charge >= 0.3 is 6.03 Å². The van der Waals surface area contributed by atoms with Crippen LogP contribution in [-0.2, 0) is 6.42 Å². The predicted octanol–water partition coefficient (Wildman–Crippen LogP) is 3.08. The molecule has 0 saturated heterocycles. The second-order valence-electron chi connectivity index (χ2n) is 5.39. The number of carbonyl (C=O) groups is 2. The zero-order valence-corrected chi connectivity index (χ0v) is 13.9. The Labute approximate surface area is 144 Å². The van der Waals surface area contributed by atoms with Gasteiger partial charge in [-0.1, -0.05) is 17.7 Å². The molecule has 24 heavy (non-hydrogen) atoms. The van der Waals surface area contributed by atoms with E-state index in [1.165, 1.54) is 12.3 Å². The fourth-order valence-corrected chi connectivity index (χ4v) is 2.80. The van der Waals surface area contributed by atoms with Crippen LogP contribution >= 0.6 is 11.6 Å².